The van der Waals surface area contributed by atoms with E-state index in [4.69, 9.17) is 4.74 Å². The zero-order valence-electron chi connectivity index (χ0n) is 15.0. The van der Waals surface area contributed by atoms with Crippen LogP contribution in [-0.2, 0) is 6.54 Å². The van der Waals surface area contributed by atoms with Crippen LogP contribution in [0.5, 0.6) is 5.75 Å². The summed E-state index contributed by atoms with van der Waals surface area (Å²) in [5.74, 6) is 0.588. The van der Waals surface area contributed by atoms with Gasteiger partial charge in [0.15, 0.2) is 17.5 Å². The number of halogens is 1. The minimum absolute atomic E-state index is 0.235. The number of nitrogens with zero attached hydrogens (tertiary/aromatic N) is 3. The first-order valence-electron chi connectivity index (χ1n) is 8.51. The predicted molar refractivity (Wildman–Crippen MR) is 97.4 cm³/mol. The van der Waals surface area contributed by atoms with Gasteiger partial charge < -0.3 is 15.4 Å². The third kappa shape index (κ3) is 6.45. The smallest absolute Gasteiger partial charge is 0.191 e. The molecule has 0 fully saturated rings. The molecule has 0 aliphatic carbocycles. The number of para-hydroxylation sites is 1. The zero-order valence-corrected chi connectivity index (χ0v) is 15.0. The van der Waals surface area contributed by atoms with Crippen LogP contribution < -0.4 is 15.4 Å². The second-order valence-corrected chi connectivity index (χ2v) is 5.79. The zero-order chi connectivity index (χ0) is 18.1. The molecule has 2 N–H and O–H groups in total. The third-order valence-electron chi connectivity index (χ3n) is 3.41. The molecule has 2 aromatic rings. The van der Waals surface area contributed by atoms with Gasteiger partial charge in [0.25, 0.3) is 0 Å². The van der Waals surface area contributed by atoms with Crippen LogP contribution >= 0.6 is 0 Å². The molecular weight excluding hydrogens is 321 g/mol. The van der Waals surface area contributed by atoms with Gasteiger partial charge in [0, 0.05) is 19.3 Å². The van der Waals surface area contributed by atoms with Gasteiger partial charge in [-0.1, -0.05) is 12.1 Å². The summed E-state index contributed by atoms with van der Waals surface area (Å²) in [6, 6.07) is 6.38. The topological polar surface area (TPSA) is 63.5 Å². The number of aryl methyl sites for hydroxylation is 1. The average molecular weight is 347 g/mol. The van der Waals surface area contributed by atoms with E-state index in [1.165, 1.54) is 6.07 Å². The van der Waals surface area contributed by atoms with E-state index < -0.39 is 0 Å². The lowest BCUT2D eigenvalue weighted by Gasteiger charge is -2.15. The largest absolute Gasteiger partial charge is 0.486 e. The summed E-state index contributed by atoms with van der Waals surface area (Å²) in [6.45, 7) is 8.52. The molecule has 0 saturated heterocycles. The van der Waals surface area contributed by atoms with Gasteiger partial charge in [-0.05, 0) is 38.5 Å². The van der Waals surface area contributed by atoms with E-state index in [-0.39, 0.29) is 17.7 Å². The Labute approximate surface area is 148 Å². The second kappa shape index (κ2) is 9.66. The molecule has 0 bridgehead atoms. The van der Waals surface area contributed by atoms with Gasteiger partial charge in [-0.15, -0.1) is 0 Å². The quantitative estimate of drug-likeness (QED) is 0.568. The number of aromatic nitrogens is 2. The first-order chi connectivity index (χ1) is 12.1. The molecule has 136 valence electrons. The van der Waals surface area contributed by atoms with Crippen molar-refractivity contribution in [3.63, 3.8) is 0 Å². The van der Waals surface area contributed by atoms with Crippen molar-refractivity contribution in [2.24, 2.45) is 4.99 Å². The van der Waals surface area contributed by atoms with Gasteiger partial charge in [-0.3, -0.25) is 4.68 Å². The monoisotopic (exact) mass is 347 g/mol. The summed E-state index contributed by atoms with van der Waals surface area (Å²) in [4.78, 5) is 4.49. The van der Waals surface area contributed by atoms with Crippen molar-refractivity contribution in [2.45, 2.75) is 33.4 Å². The molecule has 1 aromatic heterocycles. The SMILES string of the molecule is CCNC(=NCC(C)Oc1ccccc1F)NCCn1cc(C)cn1. The number of aliphatic imine (C=N–C) groups is 1. The fourth-order valence-electron chi connectivity index (χ4n) is 2.23. The van der Waals surface area contributed by atoms with Crippen LogP contribution in [0.4, 0.5) is 4.39 Å². The maximum Gasteiger partial charge on any atom is 0.191 e. The van der Waals surface area contributed by atoms with Crippen molar-refractivity contribution in [2.75, 3.05) is 19.6 Å². The summed E-state index contributed by atoms with van der Waals surface area (Å²) in [7, 11) is 0. The Morgan fingerprint density at radius 2 is 2.16 bits per heavy atom. The lowest BCUT2D eigenvalue weighted by atomic mass is 10.3. The van der Waals surface area contributed by atoms with Gasteiger partial charge in [0.2, 0.25) is 0 Å². The van der Waals surface area contributed by atoms with Gasteiger partial charge in [0.05, 0.1) is 19.3 Å². The summed E-state index contributed by atoms with van der Waals surface area (Å²) in [5.41, 5.74) is 1.14. The van der Waals surface area contributed by atoms with Crippen LogP contribution in [0.15, 0.2) is 41.7 Å². The van der Waals surface area contributed by atoms with Crippen molar-refractivity contribution < 1.29 is 9.13 Å². The Bertz CT molecular complexity index is 686. The highest BCUT2D eigenvalue weighted by Gasteiger charge is 2.08. The summed E-state index contributed by atoms with van der Waals surface area (Å²) < 4.78 is 21.1. The minimum Gasteiger partial charge on any atom is -0.486 e. The van der Waals surface area contributed by atoms with E-state index in [0.29, 0.717) is 19.0 Å². The summed E-state index contributed by atoms with van der Waals surface area (Å²) >= 11 is 0. The van der Waals surface area contributed by atoms with E-state index in [1.807, 2.05) is 37.8 Å². The highest BCUT2D eigenvalue weighted by atomic mass is 19.1. The Balaban J connectivity index is 1.82. The van der Waals surface area contributed by atoms with E-state index >= 15 is 0 Å². The Kier molecular flexibility index (Phi) is 7.25. The molecular formula is C18H26FN5O. The molecule has 0 radical (unpaired) electrons. The maximum absolute atomic E-state index is 13.6. The Morgan fingerprint density at radius 1 is 1.36 bits per heavy atom. The fraction of sp³-hybridized carbons (Fsp3) is 0.444. The van der Waals surface area contributed by atoms with Crippen molar-refractivity contribution >= 4 is 5.96 Å². The molecule has 6 nitrogen and oxygen atoms in total. The number of ether oxygens (including phenoxy) is 1. The van der Waals surface area contributed by atoms with Crippen LogP contribution in [0.3, 0.4) is 0 Å². The van der Waals surface area contributed by atoms with Gasteiger partial charge in [-0.25, -0.2) is 9.38 Å². The first-order valence-corrected chi connectivity index (χ1v) is 8.51. The van der Waals surface area contributed by atoms with E-state index in [9.17, 15) is 4.39 Å². The van der Waals surface area contributed by atoms with Crippen molar-refractivity contribution in [3.05, 3.63) is 48.0 Å². The molecule has 1 heterocycles. The van der Waals surface area contributed by atoms with Crippen molar-refractivity contribution in [3.8, 4) is 5.75 Å². The van der Waals surface area contributed by atoms with Crippen LogP contribution in [0, 0.1) is 12.7 Å². The molecule has 2 rings (SSSR count). The molecule has 0 aliphatic heterocycles. The molecule has 0 amide bonds. The van der Waals surface area contributed by atoms with E-state index in [2.05, 4.69) is 20.7 Å². The molecule has 0 aliphatic rings. The number of hydrogen-bond donors (Lipinski definition) is 2. The second-order valence-electron chi connectivity index (χ2n) is 5.79. The molecule has 1 atom stereocenters. The molecule has 0 saturated carbocycles. The first kappa shape index (κ1) is 18.8. The van der Waals surface area contributed by atoms with Gasteiger partial charge in [0.1, 0.15) is 6.10 Å². The molecule has 0 spiro atoms. The number of nitrogens with one attached hydrogen (secondary N) is 2. The van der Waals surface area contributed by atoms with E-state index in [0.717, 1.165) is 18.7 Å². The normalized spacial score (nSPS) is 12.7. The van der Waals surface area contributed by atoms with Crippen LogP contribution in [0.25, 0.3) is 0 Å². The predicted octanol–water partition coefficient (Wildman–Crippen LogP) is 2.35. The van der Waals surface area contributed by atoms with Crippen LogP contribution in [-0.4, -0.2) is 41.5 Å². The number of guanidine groups is 1. The third-order valence-corrected chi connectivity index (χ3v) is 3.41. The van der Waals surface area contributed by atoms with Gasteiger partial charge in [-0.2, -0.15) is 5.10 Å². The lowest BCUT2D eigenvalue weighted by Crippen LogP contribution is -2.39. The van der Waals surface area contributed by atoms with Crippen molar-refractivity contribution in [1.82, 2.24) is 20.4 Å². The molecule has 25 heavy (non-hydrogen) atoms. The standard InChI is InChI=1S/C18H26FN5O/c1-4-20-18(21-9-10-24-13-14(2)11-23-24)22-12-15(3)25-17-8-6-5-7-16(17)19/h5-8,11,13,15H,4,9-10,12H2,1-3H3,(H2,20,21,22). The summed E-state index contributed by atoms with van der Waals surface area (Å²) in [6.07, 6.45) is 3.60. The average Bonchev–Trinajstić information content (AvgIpc) is 3.00. The maximum atomic E-state index is 13.6. The number of rotatable bonds is 8. The Hall–Kier alpha value is -2.57. The number of benzene rings is 1. The lowest BCUT2D eigenvalue weighted by molar-refractivity contribution is 0.220. The number of hydrogen-bond acceptors (Lipinski definition) is 3. The Morgan fingerprint density at radius 3 is 2.84 bits per heavy atom. The molecule has 1 aromatic carbocycles. The highest BCUT2D eigenvalue weighted by molar-refractivity contribution is 5.79. The van der Waals surface area contributed by atoms with Crippen LogP contribution in [0.1, 0.15) is 19.4 Å². The molecule has 7 heteroatoms. The highest BCUT2D eigenvalue weighted by Crippen LogP contribution is 2.16. The van der Waals surface area contributed by atoms with Crippen LogP contribution in [0.2, 0.25) is 0 Å². The minimum atomic E-state index is -0.363. The van der Waals surface area contributed by atoms with Crippen molar-refractivity contribution in [1.29, 1.82) is 0 Å². The fourth-order valence-corrected chi connectivity index (χ4v) is 2.23. The van der Waals surface area contributed by atoms with E-state index in [1.54, 1.807) is 18.2 Å². The van der Waals surface area contributed by atoms with Gasteiger partial charge >= 0.3 is 0 Å². The molecule has 1 unspecified atom stereocenters. The summed E-state index contributed by atoms with van der Waals surface area (Å²) in [5, 5.41) is 10.7.